The van der Waals surface area contributed by atoms with E-state index in [1.807, 2.05) is 27.7 Å². The van der Waals surface area contributed by atoms with Crippen LogP contribution in [0.5, 0.6) is 0 Å². The van der Waals surface area contributed by atoms with E-state index in [-0.39, 0.29) is 5.69 Å². The monoisotopic (exact) mass is 313 g/mol. The highest BCUT2D eigenvalue weighted by Crippen LogP contribution is 2.67. The minimum atomic E-state index is -4.52. The van der Waals surface area contributed by atoms with Crippen molar-refractivity contribution < 1.29 is 22.7 Å². The molecule has 2 aliphatic rings. The number of carbonyl (C=O) groups is 1. The largest absolute Gasteiger partial charge is 0.418 e. The zero-order valence-corrected chi connectivity index (χ0v) is 13.1. The molecule has 1 atom stereocenters. The molecule has 1 aromatic rings. The van der Waals surface area contributed by atoms with Gasteiger partial charge in [0.25, 0.3) is 5.91 Å². The molecule has 1 spiro atoms. The molecule has 6 heteroatoms. The quantitative estimate of drug-likeness (QED) is 0.731. The minimum Gasteiger partial charge on any atom is -0.353 e. The van der Waals surface area contributed by atoms with Crippen molar-refractivity contribution in [3.63, 3.8) is 0 Å². The number of anilines is 1. The first-order chi connectivity index (χ1) is 9.88. The number of benzene rings is 1. The molecular formula is C16H18F3NO2. The van der Waals surface area contributed by atoms with Crippen LogP contribution in [0.25, 0.3) is 0 Å². The van der Waals surface area contributed by atoms with Gasteiger partial charge in [0.05, 0.1) is 16.9 Å². The number of fused-ring (bicyclic) bond motifs is 2. The molecular weight excluding hydrogens is 295 g/mol. The van der Waals surface area contributed by atoms with Crippen molar-refractivity contribution >= 4 is 11.6 Å². The third kappa shape index (κ3) is 1.44. The van der Waals surface area contributed by atoms with Crippen LogP contribution in [0.2, 0.25) is 0 Å². The summed E-state index contributed by atoms with van der Waals surface area (Å²) < 4.78 is 45.8. The van der Waals surface area contributed by atoms with Crippen molar-refractivity contribution in [2.45, 2.75) is 45.1 Å². The van der Waals surface area contributed by atoms with Gasteiger partial charge in [-0.15, -0.1) is 0 Å². The number of carbonyl (C=O) groups excluding carboxylic acids is 1. The van der Waals surface area contributed by atoms with E-state index >= 15 is 0 Å². The summed E-state index contributed by atoms with van der Waals surface area (Å²) in [4.78, 5) is 13.9. The molecule has 22 heavy (non-hydrogen) atoms. The lowest BCUT2D eigenvalue weighted by atomic mass is 9.57. The van der Waals surface area contributed by atoms with Crippen molar-refractivity contribution in [2.24, 2.45) is 5.41 Å². The fourth-order valence-electron chi connectivity index (χ4n) is 3.59. The van der Waals surface area contributed by atoms with Gasteiger partial charge in [-0.25, -0.2) is 0 Å². The van der Waals surface area contributed by atoms with Crippen molar-refractivity contribution in [1.82, 2.24) is 0 Å². The van der Waals surface area contributed by atoms with E-state index in [9.17, 15) is 18.0 Å². The van der Waals surface area contributed by atoms with Crippen molar-refractivity contribution in [3.05, 3.63) is 29.3 Å². The first-order valence-corrected chi connectivity index (χ1v) is 7.07. The second-order valence-corrected chi connectivity index (χ2v) is 6.98. The molecule has 1 saturated heterocycles. The van der Waals surface area contributed by atoms with Crippen LogP contribution in [0.1, 0.15) is 38.8 Å². The van der Waals surface area contributed by atoms with E-state index in [0.717, 1.165) is 11.0 Å². The topological polar surface area (TPSA) is 29.5 Å². The Bertz CT molecular complexity index is 678. The number of amides is 1. The Morgan fingerprint density at radius 1 is 1.14 bits per heavy atom. The van der Waals surface area contributed by atoms with Gasteiger partial charge in [0, 0.05) is 18.0 Å². The fraction of sp³-hybridized carbons (Fsp3) is 0.562. The molecule has 0 bridgehead atoms. The molecule has 1 aromatic carbocycles. The lowest BCUT2D eigenvalue weighted by Crippen LogP contribution is -2.72. The van der Waals surface area contributed by atoms with E-state index < -0.39 is 34.3 Å². The lowest BCUT2D eigenvalue weighted by Gasteiger charge is -2.63. The van der Waals surface area contributed by atoms with Gasteiger partial charge in [-0.3, -0.25) is 4.79 Å². The van der Waals surface area contributed by atoms with Crippen LogP contribution in [0, 0.1) is 5.41 Å². The van der Waals surface area contributed by atoms with E-state index in [1.54, 1.807) is 6.07 Å². The molecule has 1 unspecified atom stereocenters. The standard InChI is InChI=1S/C16H18F3NO2/c1-13(2)14(3,4)22-15(13)9-7-6-8-10(16(17,18)19)11(9)20(5)12(15)21/h6-8H,1-5H3. The fourth-order valence-corrected chi connectivity index (χ4v) is 3.59. The zero-order chi connectivity index (χ0) is 16.7. The second kappa shape index (κ2) is 3.85. The number of alkyl halides is 3. The average Bonchev–Trinajstić information content (AvgIpc) is 2.61. The Morgan fingerprint density at radius 2 is 1.73 bits per heavy atom. The highest BCUT2D eigenvalue weighted by atomic mass is 19.4. The lowest BCUT2D eigenvalue weighted by molar-refractivity contribution is -0.342. The number of hydrogen-bond acceptors (Lipinski definition) is 2. The molecule has 0 radical (unpaired) electrons. The van der Waals surface area contributed by atoms with E-state index in [1.165, 1.54) is 13.1 Å². The summed E-state index contributed by atoms with van der Waals surface area (Å²) >= 11 is 0. The minimum absolute atomic E-state index is 0.0939. The maximum atomic E-state index is 13.3. The van der Waals surface area contributed by atoms with Crippen LogP contribution in [-0.2, 0) is 21.3 Å². The normalized spacial score (nSPS) is 28.7. The number of ether oxygens (including phenoxy) is 1. The number of para-hydroxylation sites is 1. The van der Waals surface area contributed by atoms with Crippen molar-refractivity contribution in [3.8, 4) is 0 Å². The predicted molar refractivity (Wildman–Crippen MR) is 75.5 cm³/mol. The maximum absolute atomic E-state index is 13.3. The number of halogens is 3. The summed E-state index contributed by atoms with van der Waals surface area (Å²) in [7, 11) is 1.37. The van der Waals surface area contributed by atoms with Crippen LogP contribution in [0.15, 0.2) is 18.2 Å². The maximum Gasteiger partial charge on any atom is 0.418 e. The zero-order valence-electron chi connectivity index (χ0n) is 13.1. The molecule has 2 aliphatic heterocycles. The molecule has 120 valence electrons. The smallest absolute Gasteiger partial charge is 0.353 e. The molecule has 0 aromatic heterocycles. The van der Waals surface area contributed by atoms with E-state index in [0.29, 0.717) is 5.56 Å². The van der Waals surface area contributed by atoms with Gasteiger partial charge < -0.3 is 9.64 Å². The number of hydrogen-bond donors (Lipinski definition) is 0. The molecule has 2 heterocycles. The summed E-state index contributed by atoms with van der Waals surface area (Å²) in [5.41, 5.74) is -3.16. The molecule has 3 rings (SSSR count). The molecule has 0 saturated carbocycles. The molecule has 3 nitrogen and oxygen atoms in total. The highest BCUT2D eigenvalue weighted by Gasteiger charge is 2.75. The van der Waals surface area contributed by atoms with Gasteiger partial charge in [-0.05, 0) is 19.9 Å². The molecule has 1 fully saturated rings. The first-order valence-electron chi connectivity index (χ1n) is 7.07. The first kappa shape index (κ1) is 15.3. The van der Waals surface area contributed by atoms with Crippen LogP contribution < -0.4 is 4.90 Å². The van der Waals surface area contributed by atoms with E-state index in [4.69, 9.17) is 4.74 Å². The van der Waals surface area contributed by atoms with Crippen LogP contribution >= 0.6 is 0 Å². The van der Waals surface area contributed by atoms with Gasteiger partial charge in [0.2, 0.25) is 0 Å². The highest BCUT2D eigenvalue weighted by molar-refractivity contribution is 6.09. The third-order valence-electron chi connectivity index (χ3n) is 5.46. The summed E-state index contributed by atoms with van der Waals surface area (Å²) in [5, 5.41) is 0. The Hall–Kier alpha value is -1.56. The average molecular weight is 313 g/mol. The van der Waals surface area contributed by atoms with Gasteiger partial charge in [0.15, 0.2) is 5.60 Å². The number of nitrogens with zero attached hydrogens (tertiary/aromatic N) is 1. The van der Waals surface area contributed by atoms with Gasteiger partial charge in [-0.1, -0.05) is 26.0 Å². The summed E-state index contributed by atoms with van der Waals surface area (Å²) in [6, 6.07) is 3.89. The SMILES string of the molecule is CN1C(=O)C2(OC(C)(C)C2(C)C)c2cccc(C(F)(F)F)c21. The molecule has 0 N–H and O–H groups in total. The number of likely N-dealkylation sites (N-methyl/N-ethyl adjacent to an activating group) is 1. The van der Waals surface area contributed by atoms with Crippen LogP contribution in [-0.4, -0.2) is 18.6 Å². The van der Waals surface area contributed by atoms with Gasteiger partial charge in [0.1, 0.15) is 0 Å². The third-order valence-corrected chi connectivity index (χ3v) is 5.46. The van der Waals surface area contributed by atoms with Gasteiger partial charge >= 0.3 is 6.18 Å². The van der Waals surface area contributed by atoms with Crippen molar-refractivity contribution in [1.29, 1.82) is 0 Å². The summed E-state index contributed by atoms with van der Waals surface area (Å²) in [6.07, 6.45) is -4.52. The molecule has 0 aliphatic carbocycles. The Labute approximate surface area is 127 Å². The van der Waals surface area contributed by atoms with Crippen LogP contribution in [0.4, 0.5) is 18.9 Å². The predicted octanol–water partition coefficient (Wildman–Crippen LogP) is 3.71. The van der Waals surface area contributed by atoms with Gasteiger partial charge in [-0.2, -0.15) is 13.2 Å². The second-order valence-electron chi connectivity index (χ2n) is 6.98. The Balaban J connectivity index is 2.29. The summed E-state index contributed by atoms with van der Waals surface area (Å²) in [5.74, 6) is -0.441. The Morgan fingerprint density at radius 3 is 2.18 bits per heavy atom. The molecule has 1 amide bonds. The number of rotatable bonds is 0. The van der Waals surface area contributed by atoms with E-state index in [2.05, 4.69) is 0 Å². The van der Waals surface area contributed by atoms with Crippen LogP contribution in [0.3, 0.4) is 0 Å². The van der Waals surface area contributed by atoms with Crippen molar-refractivity contribution in [2.75, 3.05) is 11.9 Å². The summed E-state index contributed by atoms with van der Waals surface area (Å²) in [6.45, 7) is 7.41. The Kier molecular flexibility index (Phi) is 2.68.